The number of amides is 2. The fourth-order valence-electron chi connectivity index (χ4n) is 4.67. The Morgan fingerprint density at radius 3 is 1.83 bits per heavy atom. The van der Waals surface area contributed by atoms with Crippen molar-refractivity contribution in [3.8, 4) is 22.5 Å². The number of H-pyrrole nitrogens is 1. The molecule has 0 spiro atoms. The van der Waals surface area contributed by atoms with Gasteiger partial charge in [-0.05, 0) is 70.3 Å². The van der Waals surface area contributed by atoms with Crippen molar-refractivity contribution >= 4 is 39.7 Å². The first-order valence-corrected chi connectivity index (χ1v) is 13.0. The van der Waals surface area contributed by atoms with Crippen LogP contribution in [0.1, 0.15) is 26.3 Å². The van der Waals surface area contributed by atoms with E-state index >= 15 is 0 Å². The number of aromatic nitrogens is 4. The van der Waals surface area contributed by atoms with E-state index in [2.05, 4.69) is 37.8 Å². The van der Waals surface area contributed by atoms with Gasteiger partial charge >= 0.3 is 0 Å². The molecule has 42 heavy (non-hydrogen) atoms. The molecule has 9 heteroatoms. The number of aliphatic hydroxyl groups is 1. The number of benzene rings is 5. The van der Waals surface area contributed by atoms with Crippen LogP contribution in [-0.4, -0.2) is 37.5 Å². The number of hydrogen-bond donors (Lipinski definition) is 4. The maximum atomic E-state index is 13.0. The third-order valence-corrected chi connectivity index (χ3v) is 6.86. The third kappa shape index (κ3) is 5.34. The number of tetrazole rings is 1. The van der Waals surface area contributed by atoms with E-state index in [9.17, 15) is 14.7 Å². The number of carbonyl (C=O) groups excluding carboxylic acids is 2. The van der Waals surface area contributed by atoms with E-state index < -0.39 is 0 Å². The number of nitrogens with one attached hydrogen (secondary N) is 3. The van der Waals surface area contributed by atoms with Crippen LogP contribution in [0.25, 0.3) is 39.0 Å². The van der Waals surface area contributed by atoms with E-state index in [1.165, 1.54) is 0 Å². The van der Waals surface area contributed by atoms with Crippen molar-refractivity contribution in [3.05, 3.63) is 132 Å². The fraction of sp³-hybridized carbons (Fsp3) is 0. The minimum absolute atomic E-state index is 0.0254. The van der Waals surface area contributed by atoms with Crippen LogP contribution in [0, 0.1) is 0 Å². The van der Waals surface area contributed by atoms with Gasteiger partial charge in [-0.2, -0.15) is 5.21 Å². The summed E-state index contributed by atoms with van der Waals surface area (Å²) in [6.07, 6.45) is 0. The molecule has 4 N–H and O–H groups in total. The number of rotatable bonds is 7. The Balaban J connectivity index is 1.11. The topological polar surface area (TPSA) is 133 Å². The molecule has 0 fully saturated rings. The van der Waals surface area contributed by atoms with Crippen molar-refractivity contribution in [2.75, 3.05) is 10.6 Å². The van der Waals surface area contributed by atoms with Crippen molar-refractivity contribution < 1.29 is 14.7 Å². The third-order valence-electron chi connectivity index (χ3n) is 6.86. The molecule has 0 bridgehead atoms. The van der Waals surface area contributed by atoms with Gasteiger partial charge in [-0.25, -0.2) is 0 Å². The lowest BCUT2D eigenvalue weighted by Gasteiger charge is -2.12. The quantitative estimate of drug-likeness (QED) is 0.163. The van der Waals surface area contributed by atoms with E-state index in [1.54, 1.807) is 48.5 Å². The minimum atomic E-state index is -0.245. The first kappa shape index (κ1) is 26.1. The van der Waals surface area contributed by atoms with Crippen molar-refractivity contribution in [1.29, 1.82) is 0 Å². The lowest BCUT2D eigenvalue weighted by atomic mass is 10.0. The molecule has 0 aliphatic heterocycles. The second-order valence-electron chi connectivity index (χ2n) is 9.53. The molecule has 0 unspecified atom stereocenters. The predicted octanol–water partition coefficient (Wildman–Crippen LogP) is 6.72. The van der Waals surface area contributed by atoms with E-state index in [1.807, 2.05) is 60.7 Å². The summed E-state index contributed by atoms with van der Waals surface area (Å²) in [7, 11) is 0. The van der Waals surface area contributed by atoms with Gasteiger partial charge in [0.1, 0.15) is 5.76 Å². The Hall–Kier alpha value is -6.09. The SMILES string of the molecule is C=C(O)c1ccc(NC(=O)c2ccc(-c3ccc(NC(=O)c4ccc(-c5nn[nH]n5)cc4)cc3)cc2)c2ccccc12. The lowest BCUT2D eigenvalue weighted by Crippen LogP contribution is -2.12. The Labute approximate surface area is 240 Å². The average Bonchev–Trinajstić information content (AvgIpc) is 3.57. The molecule has 0 aliphatic rings. The van der Waals surface area contributed by atoms with Gasteiger partial charge in [0, 0.05) is 39.0 Å². The number of nitrogens with zero attached hydrogens (tertiary/aromatic N) is 3. The molecule has 6 aromatic rings. The predicted molar refractivity (Wildman–Crippen MR) is 163 cm³/mol. The van der Waals surface area contributed by atoms with Crippen molar-refractivity contribution in [2.45, 2.75) is 0 Å². The molecule has 0 aliphatic carbocycles. The van der Waals surface area contributed by atoms with Crippen LogP contribution in [0.15, 0.2) is 116 Å². The zero-order valence-electron chi connectivity index (χ0n) is 22.2. The number of aromatic amines is 1. The lowest BCUT2D eigenvalue weighted by molar-refractivity contribution is 0.101. The summed E-state index contributed by atoms with van der Waals surface area (Å²) in [5, 5.41) is 31.2. The van der Waals surface area contributed by atoms with Gasteiger partial charge in [0.05, 0.1) is 0 Å². The zero-order chi connectivity index (χ0) is 29.1. The molecule has 1 heterocycles. The summed E-state index contributed by atoms with van der Waals surface area (Å²) < 4.78 is 0. The largest absolute Gasteiger partial charge is 0.508 e. The van der Waals surface area contributed by atoms with Gasteiger partial charge in [-0.15, -0.1) is 10.2 Å². The summed E-state index contributed by atoms with van der Waals surface area (Å²) in [5.74, 6) is -0.0463. The first-order chi connectivity index (χ1) is 20.5. The highest BCUT2D eigenvalue weighted by Crippen LogP contribution is 2.30. The Bertz CT molecular complexity index is 1920. The first-order valence-electron chi connectivity index (χ1n) is 13.0. The molecule has 6 rings (SSSR count). The second-order valence-corrected chi connectivity index (χ2v) is 9.53. The highest BCUT2D eigenvalue weighted by Gasteiger charge is 2.13. The maximum Gasteiger partial charge on any atom is 0.255 e. The molecule has 0 radical (unpaired) electrons. The second kappa shape index (κ2) is 11.2. The summed E-state index contributed by atoms with van der Waals surface area (Å²) in [4.78, 5) is 25.7. The van der Waals surface area contributed by atoms with E-state index in [-0.39, 0.29) is 17.6 Å². The molecule has 0 saturated heterocycles. The highest BCUT2D eigenvalue weighted by molar-refractivity contribution is 6.10. The normalized spacial score (nSPS) is 10.8. The molecule has 0 saturated carbocycles. The van der Waals surface area contributed by atoms with Crippen molar-refractivity contribution in [2.24, 2.45) is 0 Å². The van der Waals surface area contributed by atoms with Crippen LogP contribution in [0.4, 0.5) is 11.4 Å². The Morgan fingerprint density at radius 2 is 1.24 bits per heavy atom. The minimum Gasteiger partial charge on any atom is -0.508 e. The standard InChI is InChI=1S/C33H24N6O3/c1-20(40)27-18-19-30(29-5-3-2-4-28(27)29)35-33(42)25-10-6-21(7-11-25)22-14-16-26(17-15-22)34-32(41)24-12-8-23(9-13-24)31-36-38-39-37-31/h2-19,40H,1H2,(H,34,41)(H,35,42)(H,36,37,38,39). The molecule has 9 nitrogen and oxygen atoms in total. The number of carbonyl (C=O) groups is 2. The average molecular weight is 553 g/mol. The monoisotopic (exact) mass is 552 g/mol. The van der Waals surface area contributed by atoms with Gasteiger partial charge < -0.3 is 15.7 Å². The van der Waals surface area contributed by atoms with Crippen molar-refractivity contribution in [3.63, 3.8) is 0 Å². The smallest absolute Gasteiger partial charge is 0.255 e. The number of fused-ring (bicyclic) bond motifs is 1. The van der Waals surface area contributed by atoms with Gasteiger partial charge in [0.2, 0.25) is 5.82 Å². The van der Waals surface area contributed by atoms with Gasteiger partial charge in [0.15, 0.2) is 0 Å². The summed E-state index contributed by atoms with van der Waals surface area (Å²) >= 11 is 0. The Morgan fingerprint density at radius 1 is 0.667 bits per heavy atom. The van der Waals surface area contributed by atoms with Crippen LogP contribution in [0.2, 0.25) is 0 Å². The van der Waals surface area contributed by atoms with E-state index in [0.717, 1.165) is 27.5 Å². The van der Waals surface area contributed by atoms with Crippen LogP contribution in [0.3, 0.4) is 0 Å². The summed E-state index contributed by atoms with van der Waals surface area (Å²) in [6, 6.07) is 32.7. The van der Waals surface area contributed by atoms with Crippen LogP contribution in [-0.2, 0) is 0 Å². The van der Waals surface area contributed by atoms with Gasteiger partial charge in [-0.3, -0.25) is 9.59 Å². The number of anilines is 2. The molecule has 1 aromatic heterocycles. The summed E-state index contributed by atoms with van der Waals surface area (Å²) in [5.41, 5.74) is 5.55. The maximum absolute atomic E-state index is 13.0. The molecular weight excluding hydrogens is 528 g/mol. The van der Waals surface area contributed by atoms with E-state index in [0.29, 0.717) is 33.9 Å². The summed E-state index contributed by atoms with van der Waals surface area (Å²) in [6.45, 7) is 3.63. The van der Waals surface area contributed by atoms with Crippen LogP contribution in [0.5, 0.6) is 0 Å². The fourth-order valence-corrected chi connectivity index (χ4v) is 4.67. The number of aliphatic hydroxyl groups excluding tert-OH is 1. The Kier molecular flexibility index (Phi) is 6.96. The van der Waals surface area contributed by atoms with Gasteiger partial charge in [0.25, 0.3) is 11.8 Å². The van der Waals surface area contributed by atoms with Crippen LogP contribution >= 0.6 is 0 Å². The van der Waals surface area contributed by atoms with Crippen molar-refractivity contribution in [1.82, 2.24) is 20.6 Å². The van der Waals surface area contributed by atoms with Crippen LogP contribution < -0.4 is 10.6 Å². The molecule has 5 aromatic carbocycles. The van der Waals surface area contributed by atoms with Gasteiger partial charge in [-0.1, -0.05) is 67.2 Å². The zero-order valence-corrected chi connectivity index (χ0v) is 22.2. The highest BCUT2D eigenvalue weighted by atomic mass is 16.3. The number of hydrogen-bond acceptors (Lipinski definition) is 6. The molecule has 204 valence electrons. The molecule has 0 atom stereocenters. The van der Waals surface area contributed by atoms with E-state index in [4.69, 9.17) is 0 Å². The molecular formula is C33H24N6O3. The molecule has 2 amide bonds.